The summed E-state index contributed by atoms with van der Waals surface area (Å²) in [7, 11) is 2.06. The number of fused-ring (bicyclic) bond motifs is 1. The molecule has 3 heteroatoms. The Hall–Kier alpha value is -0.830. The lowest BCUT2D eigenvalue weighted by Crippen LogP contribution is -2.13. The van der Waals surface area contributed by atoms with E-state index >= 15 is 0 Å². The van der Waals surface area contributed by atoms with Crippen molar-refractivity contribution in [3.63, 3.8) is 0 Å². The zero-order valence-corrected chi connectivity index (χ0v) is 7.48. The first-order valence-corrected chi connectivity index (χ1v) is 4.42. The van der Waals surface area contributed by atoms with Crippen LogP contribution in [0.1, 0.15) is 15.6 Å². The maximum Gasteiger partial charge on any atom is 0.0904 e. The highest BCUT2D eigenvalue weighted by Crippen LogP contribution is 2.23. The highest BCUT2D eigenvalue weighted by Gasteiger charge is 2.11. The van der Waals surface area contributed by atoms with Gasteiger partial charge in [-0.25, -0.2) is 4.98 Å². The fourth-order valence-corrected chi connectivity index (χ4v) is 2.04. The average molecular weight is 166 g/mol. The van der Waals surface area contributed by atoms with Crippen LogP contribution in [0.3, 0.4) is 0 Å². The molecule has 0 amide bonds. The number of aromatic nitrogens is 1. The molecule has 0 radical (unpaired) electrons. The molecule has 1 aromatic rings. The molecule has 1 aliphatic rings. The summed E-state index contributed by atoms with van der Waals surface area (Å²) < 4.78 is 0. The number of rotatable bonds is 0. The lowest BCUT2D eigenvalue weighted by Gasteiger charge is -2.16. The van der Waals surface area contributed by atoms with Crippen molar-refractivity contribution in [2.45, 2.75) is 13.5 Å². The van der Waals surface area contributed by atoms with Crippen LogP contribution >= 0.6 is 11.3 Å². The molecule has 0 spiro atoms. The van der Waals surface area contributed by atoms with Crippen LogP contribution in [0.25, 0.3) is 6.08 Å². The summed E-state index contributed by atoms with van der Waals surface area (Å²) in [6, 6.07) is 0. The van der Waals surface area contributed by atoms with Crippen molar-refractivity contribution in [2.75, 3.05) is 7.05 Å². The Labute approximate surface area is 70.2 Å². The van der Waals surface area contributed by atoms with Gasteiger partial charge in [-0.3, -0.25) is 0 Å². The molecule has 0 aromatic carbocycles. The van der Waals surface area contributed by atoms with E-state index in [9.17, 15) is 0 Å². The van der Waals surface area contributed by atoms with E-state index in [1.54, 1.807) is 11.3 Å². The predicted octanol–water partition coefficient (Wildman–Crippen LogP) is 1.87. The quantitative estimate of drug-likeness (QED) is 0.585. The largest absolute Gasteiger partial charge is 0.374 e. The van der Waals surface area contributed by atoms with Gasteiger partial charge in [-0.05, 0) is 13.0 Å². The molecule has 1 aliphatic heterocycles. The summed E-state index contributed by atoms with van der Waals surface area (Å²) in [6.07, 6.45) is 4.23. The minimum absolute atomic E-state index is 0.955. The van der Waals surface area contributed by atoms with Gasteiger partial charge in [0.05, 0.1) is 22.1 Å². The molecule has 0 aliphatic carbocycles. The molecule has 2 nitrogen and oxygen atoms in total. The van der Waals surface area contributed by atoms with Crippen LogP contribution in [0, 0.1) is 6.92 Å². The Kier molecular flexibility index (Phi) is 1.46. The standard InChI is InChI=1S/C8H10N2S/c1-6-9-7-5-10(2)4-3-8(7)11-6/h3-4H,5H2,1-2H3. The van der Waals surface area contributed by atoms with Gasteiger partial charge >= 0.3 is 0 Å². The highest BCUT2D eigenvalue weighted by molar-refractivity contribution is 7.12. The third kappa shape index (κ3) is 1.16. The van der Waals surface area contributed by atoms with E-state index < -0.39 is 0 Å². The third-order valence-electron chi connectivity index (χ3n) is 1.71. The van der Waals surface area contributed by atoms with Crippen LogP contribution in [0.15, 0.2) is 6.20 Å². The Morgan fingerprint density at radius 3 is 3.27 bits per heavy atom. The van der Waals surface area contributed by atoms with Crippen molar-refractivity contribution in [3.05, 3.63) is 21.8 Å². The van der Waals surface area contributed by atoms with Gasteiger partial charge in [0.1, 0.15) is 0 Å². The SMILES string of the molecule is Cc1nc2c(s1)C=CN(C)C2. The van der Waals surface area contributed by atoms with Gasteiger partial charge in [0.25, 0.3) is 0 Å². The third-order valence-corrected chi connectivity index (χ3v) is 2.69. The van der Waals surface area contributed by atoms with E-state index in [0.29, 0.717) is 0 Å². The van der Waals surface area contributed by atoms with Gasteiger partial charge in [0.2, 0.25) is 0 Å². The van der Waals surface area contributed by atoms with Crippen molar-refractivity contribution in [2.24, 2.45) is 0 Å². The van der Waals surface area contributed by atoms with E-state index in [2.05, 4.69) is 36.1 Å². The Morgan fingerprint density at radius 1 is 1.64 bits per heavy atom. The molecule has 0 unspecified atom stereocenters. The smallest absolute Gasteiger partial charge is 0.0904 e. The Morgan fingerprint density at radius 2 is 2.45 bits per heavy atom. The second-order valence-corrected chi connectivity index (χ2v) is 4.01. The second kappa shape index (κ2) is 2.34. The predicted molar refractivity (Wildman–Crippen MR) is 47.4 cm³/mol. The molecule has 11 heavy (non-hydrogen) atoms. The highest BCUT2D eigenvalue weighted by atomic mass is 32.1. The summed E-state index contributed by atoms with van der Waals surface area (Å²) in [5.41, 5.74) is 1.22. The molecule has 0 atom stereocenters. The first-order chi connectivity index (χ1) is 5.25. The fraction of sp³-hybridized carbons (Fsp3) is 0.375. The van der Waals surface area contributed by atoms with Crippen LogP contribution < -0.4 is 0 Å². The zero-order valence-electron chi connectivity index (χ0n) is 6.66. The summed E-state index contributed by atoms with van der Waals surface area (Å²) in [6.45, 7) is 3.01. The van der Waals surface area contributed by atoms with E-state index in [0.717, 1.165) is 11.6 Å². The van der Waals surface area contributed by atoms with Gasteiger partial charge in [-0.15, -0.1) is 11.3 Å². The summed E-state index contributed by atoms with van der Waals surface area (Å²) in [5, 5.41) is 1.16. The summed E-state index contributed by atoms with van der Waals surface area (Å²) in [4.78, 5) is 7.89. The van der Waals surface area contributed by atoms with Crippen molar-refractivity contribution in [1.82, 2.24) is 9.88 Å². The van der Waals surface area contributed by atoms with Gasteiger partial charge in [0.15, 0.2) is 0 Å². The minimum atomic E-state index is 0.955. The van der Waals surface area contributed by atoms with Gasteiger partial charge in [-0.2, -0.15) is 0 Å². The monoisotopic (exact) mass is 166 g/mol. The molecule has 2 rings (SSSR count). The average Bonchev–Trinajstić information content (AvgIpc) is 2.27. The number of thiazole rings is 1. The van der Waals surface area contributed by atoms with Crippen molar-refractivity contribution in [3.8, 4) is 0 Å². The Bertz CT molecular complexity index is 301. The topological polar surface area (TPSA) is 16.1 Å². The molecule has 0 bridgehead atoms. The first kappa shape index (κ1) is 6.85. The molecular formula is C8H10N2S. The second-order valence-electron chi connectivity index (χ2n) is 2.77. The van der Waals surface area contributed by atoms with E-state index in [-0.39, 0.29) is 0 Å². The zero-order chi connectivity index (χ0) is 7.84. The number of hydrogen-bond donors (Lipinski definition) is 0. The molecule has 0 fully saturated rings. The van der Waals surface area contributed by atoms with Gasteiger partial charge in [0, 0.05) is 13.2 Å². The maximum absolute atomic E-state index is 4.43. The Balaban J connectivity index is 2.44. The van der Waals surface area contributed by atoms with Crippen molar-refractivity contribution in [1.29, 1.82) is 0 Å². The van der Waals surface area contributed by atoms with E-state index in [4.69, 9.17) is 0 Å². The molecular weight excluding hydrogens is 156 g/mol. The first-order valence-electron chi connectivity index (χ1n) is 3.60. The molecule has 0 saturated carbocycles. The molecule has 0 N–H and O–H groups in total. The normalized spacial score (nSPS) is 15.3. The summed E-state index contributed by atoms with van der Waals surface area (Å²) in [5.74, 6) is 0. The number of hydrogen-bond acceptors (Lipinski definition) is 3. The number of nitrogens with zero attached hydrogens (tertiary/aromatic N) is 2. The van der Waals surface area contributed by atoms with Crippen molar-refractivity contribution >= 4 is 17.4 Å². The van der Waals surface area contributed by atoms with Crippen LogP contribution in [-0.2, 0) is 6.54 Å². The lowest BCUT2D eigenvalue weighted by atomic mass is 10.3. The molecule has 58 valence electrons. The molecule has 1 aromatic heterocycles. The minimum Gasteiger partial charge on any atom is -0.374 e. The fourth-order valence-electron chi connectivity index (χ4n) is 1.21. The summed E-state index contributed by atoms with van der Waals surface area (Å²) >= 11 is 1.77. The molecule has 2 heterocycles. The van der Waals surface area contributed by atoms with Crippen LogP contribution in [0.4, 0.5) is 0 Å². The van der Waals surface area contributed by atoms with Crippen LogP contribution in [0.2, 0.25) is 0 Å². The van der Waals surface area contributed by atoms with Crippen LogP contribution in [0.5, 0.6) is 0 Å². The van der Waals surface area contributed by atoms with Gasteiger partial charge < -0.3 is 4.90 Å². The number of aryl methyl sites for hydroxylation is 1. The van der Waals surface area contributed by atoms with Gasteiger partial charge in [-0.1, -0.05) is 0 Å². The lowest BCUT2D eigenvalue weighted by molar-refractivity contribution is 0.442. The molecule has 0 saturated heterocycles. The van der Waals surface area contributed by atoms with E-state index in [1.807, 2.05) is 0 Å². The van der Waals surface area contributed by atoms with Crippen molar-refractivity contribution < 1.29 is 0 Å². The van der Waals surface area contributed by atoms with Crippen LogP contribution in [-0.4, -0.2) is 16.9 Å². The maximum atomic E-state index is 4.43. The van der Waals surface area contributed by atoms with E-state index in [1.165, 1.54) is 10.6 Å².